The van der Waals surface area contributed by atoms with Gasteiger partial charge in [-0.15, -0.1) is 11.6 Å². The van der Waals surface area contributed by atoms with Crippen molar-refractivity contribution in [2.24, 2.45) is 0 Å². The number of piperazine rings is 1. The predicted octanol–water partition coefficient (Wildman–Crippen LogP) is 1.91. The van der Waals surface area contributed by atoms with Crippen molar-refractivity contribution in [1.82, 2.24) is 25.1 Å². The maximum Gasteiger partial charge on any atom is 0.254 e. The molecule has 0 spiro atoms. The van der Waals surface area contributed by atoms with E-state index in [1.54, 1.807) is 19.0 Å². The van der Waals surface area contributed by atoms with Gasteiger partial charge in [0.2, 0.25) is 5.91 Å². The normalized spacial score (nSPS) is 29.4. The van der Waals surface area contributed by atoms with E-state index >= 15 is 0 Å². The minimum atomic E-state index is -0.518. The van der Waals surface area contributed by atoms with Crippen molar-refractivity contribution < 1.29 is 9.59 Å². The Bertz CT molecular complexity index is 558. The lowest BCUT2D eigenvalue weighted by Gasteiger charge is -2.46. The second-order valence-corrected chi connectivity index (χ2v) is 9.87. The molecule has 8 heteroatoms. The molecule has 0 aromatic heterocycles. The van der Waals surface area contributed by atoms with E-state index in [0.29, 0.717) is 12.6 Å². The number of nitrogens with one attached hydrogen (secondary N) is 1. The Balaban J connectivity index is 1.56. The van der Waals surface area contributed by atoms with Gasteiger partial charge in [-0.1, -0.05) is 44.9 Å². The molecule has 2 unspecified atom stereocenters. The highest BCUT2D eigenvalue weighted by Crippen LogP contribution is 2.25. The van der Waals surface area contributed by atoms with E-state index in [-0.39, 0.29) is 17.9 Å². The fourth-order valence-electron chi connectivity index (χ4n) is 4.94. The van der Waals surface area contributed by atoms with Crippen LogP contribution in [0.1, 0.15) is 57.8 Å². The van der Waals surface area contributed by atoms with E-state index in [1.807, 2.05) is 0 Å². The van der Waals surface area contributed by atoms with Crippen molar-refractivity contribution in [3.05, 3.63) is 0 Å². The van der Waals surface area contributed by atoms with Crippen LogP contribution in [0, 0.1) is 0 Å². The maximum absolute atomic E-state index is 12.7. The van der Waals surface area contributed by atoms with E-state index in [9.17, 15) is 9.59 Å². The molecular weight excluding hydrogens is 402 g/mol. The van der Waals surface area contributed by atoms with Gasteiger partial charge in [0, 0.05) is 58.9 Å². The Hall–Kier alpha value is -0.890. The van der Waals surface area contributed by atoms with Crippen LogP contribution in [0.25, 0.3) is 0 Å². The van der Waals surface area contributed by atoms with E-state index in [2.05, 4.69) is 20.2 Å². The third-order valence-corrected chi connectivity index (χ3v) is 7.46. The quantitative estimate of drug-likeness (QED) is 0.675. The monoisotopic (exact) mass is 441 g/mol. The fraction of sp³-hybridized carbons (Fsp3) is 0.909. The zero-order valence-corrected chi connectivity index (χ0v) is 19.6. The van der Waals surface area contributed by atoms with Crippen LogP contribution in [0.15, 0.2) is 0 Å². The summed E-state index contributed by atoms with van der Waals surface area (Å²) in [6.07, 6.45) is 11.4. The van der Waals surface area contributed by atoms with E-state index < -0.39 is 5.38 Å². The number of hydrazine groups is 1. The molecule has 1 saturated carbocycles. The Morgan fingerprint density at radius 2 is 1.57 bits per heavy atom. The third kappa shape index (κ3) is 6.55. The first-order chi connectivity index (χ1) is 14.5. The second-order valence-electron chi connectivity index (χ2n) is 9.40. The smallest absolute Gasteiger partial charge is 0.254 e. The number of carbonyl (C=O) groups excluding carboxylic acids is 2. The molecule has 2 saturated heterocycles. The SMILES string of the molecule is CN(C)C(=O)CN1CCN(C2CN(C3CCCCCCCCC3)NC(=O)C2Cl)CC1. The van der Waals surface area contributed by atoms with Gasteiger partial charge in [0.25, 0.3) is 5.91 Å². The molecule has 30 heavy (non-hydrogen) atoms. The number of rotatable bonds is 4. The standard InChI is InChI=1S/C22H40ClN5O2/c1-25(2)20(29)17-26-12-14-27(15-13-26)19-16-28(24-22(30)21(19)23)18-10-8-6-4-3-5-7-9-11-18/h18-19,21H,3-17H2,1-2H3,(H,24,30). The third-order valence-electron chi connectivity index (χ3n) is 6.97. The molecule has 0 aromatic carbocycles. The molecule has 2 aliphatic heterocycles. The van der Waals surface area contributed by atoms with Crippen LogP contribution in [0.5, 0.6) is 0 Å². The summed E-state index contributed by atoms with van der Waals surface area (Å²) in [6, 6.07) is 0.445. The summed E-state index contributed by atoms with van der Waals surface area (Å²) in [7, 11) is 3.59. The Morgan fingerprint density at radius 1 is 1.00 bits per heavy atom. The maximum atomic E-state index is 12.7. The summed E-state index contributed by atoms with van der Waals surface area (Å²) >= 11 is 6.58. The van der Waals surface area contributed by atoms with Gasteiger partial charge >= 0.3 is 0 Å². The van der Waals surface area contributed by atoms with E-state index in [0.717, 1.165) is 45.6 Å². The highest BCUT2D eigenvalue weighted by Gasteiger charge is 2.40. The fourth-order valence-corrected chi connectivity index (χ4v) is 5.23. The predicted molar refractivity (Wildman–Crippen MR) is 120 cm³/mol. The molecule has 7 nitrogen and oxygen atoms in total. The van der Waals surface area contributed by atoms with Gasteiger partial charge in [0.05, 0.1) is 6.54 Å². The van der Waals surface area contributed by atoms with Crippen molar-refractivity contribution >= 4 is 23.4 Å². The lowest BCUT2D eigenvalue weighted by atomic mass is 9.96. The number of likely N-dealkylation sites (N-methyl/N-ethyl adjacent to an activating group) is 1. The Labute approximate surface area is 187 Å². The van der Waals surface area contributed by atoms with Crippen LogP contribution in [-0.2, 0) is 9.59 Å². The highest BCUT2D eigenvalue weighted by molar-refractivity contribution is 6.31. The minimum absolute atomic E-state index is 0.0301. The first-order valence-electron chi connectivity index (χ1n) is 11.8. The summed E-state index contributed by atoms with van der Waals surface area (Å²) in [5.41, 5.74) is 3.11. The van der Waals surface area contributed by atoms with Gasteiger partial charge in [-0.05, 0) is 12.8 Å². The number of hydrogen-bond acceptors (Lipinski definition) is 5. The van der Waals surface area contributed by atoms with Gasteiger partial charge in [-0.25, -0.2) is 5.01 Å². The lowest BCUT2D eigenvalue weighted by molar-refractivity contribution is -0.134. The summed E-state index contributed by atoms with van der Waals surface area (Å²) < 4.78 is 0. The molecule has 3 aliphatic rings. The number of carbonyl (C=O) groups is 2. The molecule has 1 N–H and O–H groups in total. The summed E-state index contributed by atoms with van der Waals surface area (Å²) in [5, 5.41) is 1.69. The van der Waals surface area contributed by atoms with Gasteiger partial charge in [0.15, 0.2) is 0 Å². The number of hydrogen-bond donors (Lipinski definition) is 1. The summed E-state index contributed by atoms with van der Waals surface area (Å²) in [4.78, 5) is 30.9. The largest absolute Gasteiger partial charge is 0.348 e. The van der Waals surface area contributed by atoms with Crippen molar-refractivity contribution in [2.75, 3.05) is 53.4 Å². The number of amides is 2. The molecule has 3 rings (SSSR count). The van der Waals surface area contributed by atoms with Crippen LogP contribution in [0.2, 0.25) is 0 Å². The molecule has 2 heterocycles. The molecule has 2 amide bonds. The second kappa shape index (κ2) is 11.7. The van der Waals surface area contributed by atoms with Gasteiger partial charge in [-0.3, -0.25) is 24.8 Å². The number of halogens is 1. The Kier molecular flexibility index (Phi) is 9.23. The van der Waals surface area contributed by atoms with Crippen molar-refractivity contribution in [2.45, 2.75) is 75.2 Å². The molecule has 1 aliphatic carbocycles. The van der Waals surface area contributed by atoms with Crippen LogP contribution in [0.4, 0.5) is 0 Å². The van der Waals surface area contributed by atoms with Crippen molar-refractivity contribution in [3.63, 3.8) is 0 Å². The molecule has 172 valence electrons. The average molecular weight is 442 g/mol. The lowest BCUT2D eigenvalue weighted by Crippen LogP contribution is -2.67. The summed E-state index contributed by atoms with van der Waals surface area (Å²) in [6.45, 7) is 4.63. The van der Waals surface area contributed by atoms with Crippen LogP contribution >= 0.6 is 11.6 Å². The summed E-state index contributed by atoms with van der Waals surface area (Å²) in [5.74, 6) is 0.0770. The first kappa shape index (κ1) is 23.8. The zero-order chi connectivity index (χ0) is 21.5. The molecule has 2 atom stereocenters. The average Bonchev–Trinajstić information content (AvgIpc) is 2.74. The van der Waals surface area contributed by atoms with Crippen molar-refractivity contribution in [3.8, 4) is 0 Å². The molecule has 3 fully saturated rings. The van der Waals surface area contributed by atoms with Crippen LogP contribution in [-0.4, -0.2) is 102 Å². The van der Waals surface area contributed by atoms with Crippen molar-refractivity contribution in [1.29, 1.82) is 0 Å². The zero-order valence-electron chi connectivity index (χ0n) is 18.8. The number of alkyl halides is 1. The highest BCUT2D eigenvalue weighted by atomic mass is 35.5. The minimum Gasteiger partial charge on any atom is -0.348 e. The van der Waals surface area contributed by atoms with E-state index in [4.69, 9.17) is 11.6 Å². The number of nitrogens with zero attached hydrogens (tertiary/aromatic N) is 4. The van der Waals surface area contributed by atoms with E-state index in [1.165, 1.54) is 44.9 Å². The first-order valence-corrected chi connectivity index (χ1v) is 12.3. The van der Waals surface area contributed by atoms with Crippen LogP contribution in [0.3, 0.4) is 0 Å². The molecule has 0 aromatic rings. The molecule has 0 bridgehead atoms. The Morgan fingerprint density at radius 3 is 2.13 bits per heavy atom. The molecule has 0 radical (unpaired) electrons. The van der Waals surface area contributed by atoms with Gasteiger partial charge in [-0.2, -0.15) is 0 Å². The molecular formula is C22H40ClN5O2. The van der Waals surface area contributed by atoms with Gasteiger partial charge < -0.3 is 4.90 Å². The topological polar surface area (TPSA) is 59.1 Å². The van der Waals surface area contributed by atoms with Crippen LogP contribution < -0.4 is 5.43 Å². The van der Waals surface area contributed by atoms with Gasteiger partial charge in [0.1, 0.15) is 5.38 Å².